The molecule has 1 unspecified atom stereocenters. The zero-order valence-corrected chi connectivity index (χ0v) is 12.4. The van der Waals surface area contributed by atoms with Crippen molar-refractivity contribution in [2.75, 3.05) is 5.73 Å². The molecule has 1 atom stereocenters. The van der Waals surface area contributed by atoms with Gasteiger partial charge in [0.15, 0.2) is 11.6 Å². The molecule has 2 rings (SSSR count). The summed E-state index contributed by atoms with van der Waals surface area (Å²) in [5.41, 5.74) is 6.92. The van der Waals surface area contributed by atoms with Crippen molar-refractivity contribution < 1.29 is 14.2 Å². The van der Waals surface area contributed by atoms with Crippen LogP contribution in [0.5, 0.6) is 5.75 Å². The number of halogens is 2. The molecule has 0 saturated carbocycles. The Balaban J connectivity index is 2.30. The Morgan fingerprint density at radius 1 is 1.45 bits per heavy atom. The van der Waals surface area contributed by atoms with Crippen molar-refractivity contribution in [3.8, 4) is 5.75 Å². The number of pyridine rings is 1. The second kappa shape index (κ2) is 6.19. The van der Waals surface area contributed by atoms with E-state index in [1.165, 1.54) is 18.2 Å². The van der Waals surface area contributed by atoms with Crippen LogP contribution in [0.1, 0.15) is 24.2 Å². The molecule has 1 aromatic heterocycles. The van der Waals surface area contributed by atoms with Gasteiger partial charge in [-0.25, -0.2) is 9.37 Å². The summed E-state index contributed by atoms with van der Waals surface area (Å²) in [4.78, 5) is 3.97. The van der Waals surface area contributed by atoms with E-state index in [2.05, 4.69) is 20.9 Å². The molecule has 0 bridgehead atoms. The highest BCUT2D eigenvalue weighted by molar-refractivity contribution is 9.10. The van der Waals surface area contributed by atoms with Gasteiger partial charge in [-0.1, -0.05) is 6.07 Å². The topological polar surface area (TPSA) is 68.4 Å². The number of hydrogen-bond donors (Lipinski definition) is 2. The molecular weight excluding hydrogens is 327 g/mol. The van der Waals surface area contributed by atoms with Crippen molar-refractivity contribution in [1.29, 1.82) is 0 Å². The molecule has 0 amide bonds. The zero-order chi connectivity index (χ0) is 14.7. The van der Waals surface area contributed by atoms with E-state index in [0.717, 1.165) is 4.47 Å². The Hall–Kier alpha value is -1.66. The maximum Gasteiger partial charge on any atom is 0.166 e. The van der Waals surface area contributed by atoms with E-state index in [0.29, 0.717) is 16.9 Å². The van der Waals surface area contributed by atoms with E-state index in [-0.39, 0.29) is 18.2 Å². The third kappa shape index (κ3) is 3.26. The van der Waals surface area contributed by atoms with Crippen molar-refractivity contribution in [3.05, 3.63) is 51.9 Å². The summed E-state index contributed by atoms with van der Waals surface area (Å²) in [5, 5.41) is 9.30. The molecule has 0 fully saturated rings. The average molecular weight is 341 g/mol. The van der Waals surface area contributed by atoms with Crippen LogP contribution in [0.3, 0.4) is 0 Å². The Morgan fingerprint density at radius 3 is 2.90 bits per heavy atom. The van der Waals surface area contributed by atoms with Crippen molar-refractivity contribution >= 4 is 21.7 Å². The summed E-state index contributed by atoms with van der Waals surface area (Å²) < 4.78 is 19.8. The smallest absolute Gasteiger partial charge is 0.166 e. The summed E-state index contributed by atoms with van der Waals surface area (Å²) in [7, 11) is 0. The molecule has 0 spiro atoms. The Morgan fingerprint density at radius 2 is 2.20 bits per heavy atom. The number of ether oxygens (including phenoxy) is 1. The first-order valence-corrected chi connectivity index (χ1v) is 6.77. The van der Waals surface area contributed by atoms with Gasteiger partial charge in [-0.05, 0) is 46.6 Å². The highest BCUT2D eigenvalue weighted by Crippen LogP contribution is 2.30. The Kier molecular flexibility index (Phi) is 4.57. The second-order valence-electron chi connectivity index (χ2n) is 4.30. The SMILES string of the molecule is CC(Oc1cc(Br)cnc1N)c1cc(F)ccc1CO. The molecule has 20 heavy (non-hydrogen) atoms. The molecule has 4 nitrogen and oxygen atoms in total. The van der Waals surface area contributed by atoms with Gasteiger partial charge < -0.3 is 15.6 Å². The van der Waals surface area contributed by atoms with E-state index in [9.17, 15) is 9.50 Å². The number of aromatic nitrogens is 1. The number of hydrogen-bond acceptors (Lipinski definition) is 4. The lowest BCUT2D eigenvalue weighted by Crippen LogP contribution is -2.09. The molecule has 0 aliphatic rings. The fraction of sp³-hybridized carbons (Fsp3) is 0.214. The number of rotatable bonds is 4. The second-order valence-corrected chi connectivity index (χ2v) is 5.21. The van der Waals surface area contributed by atoms with Gasteiger partial charge in [-0.2, -0.15) is 0 Å². The molecule has 3 N–H and O–H groups in total. The van der Waals surface area contributed by atoms with Crippen LogP contribution in [-0.4, -0.2) is 10.1 Å². The molecule has 0 saturated heterocycles. The van der Waals surface area contributed by atoms with Gasteiger partial charge in [-0.3, -0.25) is 0 Å². The molecule has 106 valence electrons. The Bertz CT molecular complexity index is 622. The molecule has 2 aromatic rings. The zero-order valence-electron chi connectivity index (χ0n) is 10.8. The van der Waals surface area contributed by atoms with Crippen molar-refractivity contribution in [3.63, 3.8) is 0 Å². The number of aliphatic hydroxyl groups is 1. The van der Waals surface area contributed by atoms with Crippen molar-refractivity contribution in [1.82, 2.24) is 4.98 Å². The van der Waals surface area contributed by atoms with E-state index in [4.69, 9.17) is 10.5 Å². The lowest BCUT2D eigenvalue weighted by Gasteiger charge is -2.18. The van der Waals surface area contributed by atoms with Gasteiger partial charge in [0.05, 0.1) is 6.61 Å². The largest absolute Gasteiger partial charge is 0.482 e. The molecule has 6 heteroatoms. The van der Waals surface area contributed by atoms with Gasteiger partial charge in [0.2, 0.25) is 0 Å². The molecular formula is C14H14BrFN2O2. The Labute approximate surface area is 124 Å². The number of nitrogen functional groups attached to an aromatic ring is 1. The number of anilines is 1. The fourth-order valence-corrected chi connectivity index (χ4v) is 2.18. The molecule has 0 radical (unpaired) electrons. The quantitative estimate of drug-likeness (QED) is 0.896. The van der Waals surface area contributed by atoms with Crippen LogP contribution in [0.15, 0.2) is 34.9 Å². The number of aliphatic hydroxyl groups excluding tert-OH is 1. The maximum absolute atomic E-state index is 13.3. The monoisotopic (exact) mass is 340 g/mol. The summed E-state index contributed by atoms with van der Waals surface area (Å²) in [6, 6.07) is 5.87. The third-order valence-electron chi connectivity index (χ3n) is 2.87. The van der Waals surface area contributed by atoms with Crippen LogP contribution in [0.4, 0.5) is 10.2 Å². The fourth-order valence-electron chi connectivity index (χ4n) is 1.87. The lowest BCUT2D eigenvalue weighted by molar-refractivity contribution is 0.219. The lowest BCUT2D eigenvalue weighted by atomic mass is 10.0. The van der Waals surface area contributed by atoms with Gasteiger partial charge in [0, 0.05) is 16.2 Å². The number of nitrogens with two attached hydrogens (primary N) is 1. The van der Waals surface area contributed by atoms with E-state index >= 15 is 0 Å². The van der Waals surface area contributed by atoms with E-state index in [1.54, 1.807) is 19.2 Å². The molecule has 0 aliphatic heterocycles. The summed E-state index contributed by atoms with van der Waals surface area (Å²) in [6.45, 7) is 1.57. The molecule has 1 heterocycles. The predicted molar refractivity (Wildman–Crippen MR) is 77.7 cm³/mol. The summed E-state index contributed by atoms with van der Waals surface area (Å²) >= 11 is 3.28. The minimum atomic E-state index is -0.466. The highest BCUT2D eigenvalue weighted by atomic mass is 79.9. The maximum atomic E-state index is 13.3. The van der Waals surface area contributed by atoms with Crippen LogP contribution >= 0.6 is 15.9 Å². The first kappa shape index (κ1) is 14.7. The van der Waals surface area contributed by atoms with Crippen molar-refractivity contribution in [2.45, 2.75) is 19.6 Å². The molecule has 1 aromatic carbocycles. The standard InChI is InChI=1S/C14H14BrFN2O2/c1-8(12-5-11(16)3-2-9(12)7-19)20-13-4-10(15)6-18-14(13)17/h2-6,8,19H,7H2,1H3,(H2,17,18). The minimum Gasteiger partial charge on any atom is -0.482 e. The number of nitrogens with zero attached hydrogens (tertiary/aromatic N) is 1. The minimum absolute atomic E-state index is 0.185. The normalized spacial score (nSPS) is 12.2. The first-order valence-electron chi connectivity index (χ1n) is 5.98. The van der Waals surface area contributed by atoms with Gasteiger partial charge in [-0.15, -0.1) is 0 Å². The van der Waals surface area contributed by atoms with Gasteiger partial charge >= 0.3 is 0 Å². The van der Waals surface area contributed by atoms with Crippen LogP contribution in [0.25, 0.3) is 0 Å². The van der Waals surface area contributed by atoms with E-state index in [1.807, 2.05) is 0 Å². The highest BCUT2D eigenvalue weighted by Gasteiger charge is 2.15. The van der Waals surface area contributed by atoms with E-state index < -0.39 is 6.10 Å². The number of benzene rings is 1. The summed E-state index contributed by atoms with van der Waals surface area (Å²) in [5.74, 6) is 0.273. The van der Waals surface area contributed by atoms with Gasteiger partial charge in [0.25, 0.3) is 0 Å². The van der Waals surface area contributed by atoms with Crippen LogP contribution in [-0.2, 0) is 6.61 Å². The summed E-state index contributed by atoms with van der Waals surface area (Å²) in [6.07, 6.45) is 1.10. The van der Waals surface area contributed by atoms with Crippen LogP contribution in [0.2, 0.25) is 0 Å². The molecule has 0 aliphatic carbocycles. The average Bonchev–Trinajstić information content (AvgIpc) is 2.42. The van der Waals surface area contributed by atoms with Crippen LogP contribution < -0.4 is 10.5 Å². The first-order chi connectivity index (χ1) is 9.51. The third-order valence-corrected chi connectivity index (χ3v) is 3.30. The van der Waals surface area contributed by atoms with Crippen LogP contribution in [0, 0.1) is 5.82 Å². The predicted octanol–water partition coefficient (Wildman–Crippen LogP) is 3.20. The van der Waals surface area contributed by atoms with Crippen molar-refractivity contribution in [2.24, 2.45) is 0 Å². The van der Waals surface area contributed by atoms with Gasteiger partial charge in [0.1, 0.15) is 11.9 Å².